The van der Waals surface area contributed by atoms with Crippen molar-refractivity contribution in [1.29, 1.82) is 0 Å². The Labute approximate surface area is 233 Å². The summed E-state index contributed by atoms with van der Waals surface area (Å²) in [4.78, 5) is 31.5. The van der Waals surface area contributed by atoms with Gasteiger partial charge in [0.2, 0.25) is 5.89 Å². The monoisotopic (exact) mass is 551 g/mol. The summed E-state index contributed by atoms with van der Waals surface area (Å²) in [7, 11) is 1.46. The Bertz CT molecular complexity index is 1620. The number of aromatic nitrogens is 3. The minimum Gasteiger partial charge on any atom is -0.494 e. The summed E-state index contributed by atoms with van der Waals surface area (Å²) in [5, 5.41) is 12.3. The van der Waals surface area contributed by atoms with Crippen LogP contribution in [0.4, 0.5) is 16.2 Å². The number of hydrogen-bond donors (Lipinski definition) is 2. The molecule has 2 amide bonds. The fourth-order valence-electron chi connectivity index (χ4n) is 4.14. The SMILES string of the molecule is [2H]C([2H])([2H])NC(=O)c1nnc(Cl)cc1Nc1cccc(-c2nc3c(o2)CN(C(=O)OCc2ccccc2)CC3)c1OC. The molecular formula is C27H25ClN6O5. The molecule has 0 radical (unpaired) electrons. The fourth-order valence-corrected chi connectivity index (χ4v) is 4.28. The van der Waals surface area contributed by atoms with Gasteiger partial charge in [-0.1, -0.05) is 48.0 Å². The molecule has 2 N–H and O–H groups in total. The maximum absolute atomic E-state index is 12.7. The number of carbonyl (C=O) groups is 2. The molecule has 3 heterocycles. The van der Waals surface area contributed by atoms with Gasteiger partial charge in [-0.05, 0) is 17.7 Å². The smallest absolute Gasteiger partial charge is 0.410 e. The van der Waals surface area contributed by atoms with Gasteiger partial charge >= 0.3 is 6.09 Å². The van der Waals surface area contributed by atoms with Crippen molar-refractivity contribution in [3.05, 3.63) is 82.5 Å². The molecule has 1 aliphatic rings. The van der Waals surface area contributed by atoms with Gasteiger partial charge in [0.05, 0.1) is 36.3 Å². The lowest BCUT2D eigenvalue weighted by molar-refractivity contribution is 0.0887. The highest BCUT2D eigenvalue weighted by molar-refractivity contribution is 6.29. The number of oxazole rings is 1. The lowest BCUT2D eigenvalue weighted by atomic mass is 10.1. The highest BCUT2D eigenvalue weighted by Gasteiger charge is 2.28. The van der Waals surface area contributed by atoms with E-state index in [0.29, 0.717) is 41.4 Å². The van der Waals surface area contributed by atoms with E-state index in [1.165, 1.54) is 13.2 Å². The first-order chi connectivity index (χ1) is 20.1. The van der Waals surface area contributed by atoms with Crippen molar-refractivity contribution < 1.29 is 27.6 Å². The molecule has 0 fully saturated rings. The summed E-state index contributed by atoms with van der Waals surface area (Å²) in [6.07, 6.45) is 0.0250. The second-order valence-corrected chi connectivity index (χ2v) is 8.88. The van der Waals surface area contributed by atoms with Gasteiger partial charge in [0.1, 0.15) is 12.4 Å². The number of nitrogens with zero attached hydrogens (tertiary/aromatic N) is 4. The molecule has 12 heteroatoms. The maximum Gasteiger partial charge on any atom is 0.410 e. The first kappa shape index (κ1) is 22.4. The minimum atomic E-state index is -2.73. The summed E-state index contributed by atoms with van der Waals surface area (Å²) in [6, 6.07) is 15.9. The van der Waals surface area contributed by atoms with Crippen molar-refractivity contribution in [2.45, 2.75) is 19.6 Å². The van der Waals surface area contributed by atoms with Crippen LogP contribution in [0.5, 0.6) is 5.75 Å². The topological polar surface area (TPSA) is 132 Å². The van der Waals surface area contributed by atoms with Crippen LogP contribution in [-0.2, 0) is 24.3 Å². The van der Waals surface area contributed by atoms with Crippen molar-refractivity contribution in [3.8, 4) is 17.2 Å². The predicted octanol–water partition coefficient (Wildman–Crippen LogP) is 4.59. The number of carbonyl (C=O) groups excluding carboxylic acids is 2. The van der Waals surface area contributed by atoms with Crippen LogP contribution in [-0.4, -0.2) is 52.7 Å². The number of fused-ring (bicyclic) bond motifs is 1. The molecule has 5 rings (SSSR count). The second kappa shape index (κ2) is 11.4. The quantitative estimate of drug-likeness (QED) is 0.338. The van der Waals surface area contributed by atoms with E-state index in [0.717, 1.165) is 5.56 Å². The Morgan fingerprint density at radius 1 is 1.15 bits per heavy atom. The summed E-state index contributed by atoms with van der Waals surface area (Å²) in [6.45, 7) is -1.95. The predicted molar refractivity (Wildman–Crippen MR) is 143 cm³/mol. The average molecular weight is 552 g/mol. The lowest BCUT2D eigenvalue weighted by Crippen LogP contribution is -2.36. The molecule has 0 saturated heterocycles. The highest BCUT2D eigenvalue weighted by Crippen LogP contribution is 2.39. The first-order valence-electron chi connectivity index (χ1n) is 13.4. The molecule has 0 unspecified atom stereocenters. The van der Waals surface area contributed by atoms with Gasteiger partial charge in [-0.25, -0.2) is 9.78 Å². The molecule has 39 heavy (non-hydrogen) atoms. The van der Waals surface area contributed by atoms with Gasteiger partial charge in [-0.2, -0.15) is 0 Å². The van der Waals surface area contributed by atoms with E-state index in [9.17, 15) is 9.59 Å². The zero-order chi connectivity index (χ0) is 29.9. The van der Waals surface area contributed by atoms with Crippen LogP contribution in [0.2, 0.25) is 5.15 Å². The summed E-state index contributed by atoms with van der Waals surface area (Å²) in [5.74, 6) is 0.155. The van der Waals surface area contributed by atoms with Crippen molar-refractivity contribution >= 4 is 35.0 Å². The molecular weight excluding hydrogens is 524 g/mol. The molecule has 0 bridgehead atoms. The van der Waals surface area contributed by atoms with Crippen molar-refractivity contribution in [2.24, 2.45) is 0 Å². The van der Waals surface area contributed by atoms with Crippen molar-refractivity contribution in [3.63, 3.8) is 0 Å². The van der Waals surface area contributed by atoms with Gasteiger partial charge < -0.3 is 29.4 Å². The summed E-state index contributed by atoms with van der Waals surface area (Å²) < 4.78 is 39.2. The number of benzene rings is 2. The number of para-hydroxylation sites is 1. The molecule has 2 aromatic carbocycles. The Morgan fingerprint density at radius 2 is 2.00 bits per heavy atom. The number of ether oxygens (including phenoxy) is 2. The molecule has 1 aliphatic heterocycles. The number of nitrogens with one attached hydrogen (secondary N) is 2. The molecule has 4 aromatic rings. The van der Waals surface area contributed by atoms with Crippen LogP contribution in [0.15, 0.2) is 59.0 Å². The van der Waals surface area contributed by atoms with Crippen molar-refractivity contribution in [2.75, 3.05) is 25.9 Å². The molecule has 0 saturated carbocycles. The van der Waals surface area contributed by atoms with Crippen LogP contribution in [0.1, 0.15) is 31.6 Å². The van der Waals surface area contributed by atoms with Gasteiger partial charge in [0.25, 0.3) is 5.91 Å². The van der Waals surface area contributed by atoms with Crippen LogP contribution in [0, 0.1) is 0 Å². The highest BCUT2D eigenvalue weighted by atomic mass is 35.5. The Morgan fingerprint density at radius 3 is 2.79 bits per heavy atom. The summed E-state index contributed by atoms with van der Waals surface area (Å²) in [5.41, 5.74) is 2.31. The Balaban J connectivity index is 1.36. The molecule has 11 nitrogen and oxygen atoms in total. The Kier molecular flexibility index (Phi) is 6.53. The average Bonchev–Trinajstić information content (AvgIpc) is 3.39. The van der Waals surface area contributed by atoms with E-state index in [1.807, 2.05) is 35.6 Å². The van der Waals surface area contributed by atoms with E-state index in [1.54, 1.807) is 23.1 Å². The normalized spacial score (nSPS) is 13.9. The lowest BCUT2D eigenvalue weighted by Gasteiger charge is -2.24. The van der Waals surface area contributed by atoms with E-state index < -0.39 is 19.0 Å². The van der Waals surface area contributed by atoms with Crippen LogP contribution in [0.3, 0.4) is 0 Å². The van der Waals surface area contributed by atoms with Crippen LogP contribution >= 0.6 is 11.6 Å². The number of methoxy groups -OCH3 is 1. The number of halogens is 1. The third-order valence-corrected chi connectivity index (χ3v) is 6.19. The van der Waals surface area contributed by atoms with E-state index in [4.69, 9.17) is 29.6 Å². The van der Waals surface area contributed by atoms with E-state index in [-0.39, 0.29) is 35.6 Å². The zero-order valence-electron chi connectivity index (χ0n) is 23.7. The third-order valence-electron chi connectivity index (χ3n) is 6.01. The van der Waals surface area contributed by atoms with Crippen LogP contribution < -0.4 is 15.4 Å². The fraction of sp³-hybridized carbons (Fsp3) is 0.222. The molecule has 0 spiro atoms. The summed E-state index contributed by atoms with van der Waals surface area (Å²) >= 11 is 6.02. The second-order valence-electron chi connectivity index (χ2n) is 8.50. The van der Waals surface area contributed by atoms with Gasteiger partial charge in [-0.3, -0.25) is 4.79 Å². The van der Waals surface area contributed by atoms with Crippen LogP contribution in [0.25, 0.3) is 11.5 Å². The molecule has 200 valence electrons. The molecule has 0 atom stereocenters. The van der Waals surface area contributed by atoms with Crippen molar-refractivity contribution in [1.82, 2.24) is 25.4 Å². The van der Waals surface area contributed by atoms with E-state index in [2.05, 4.69) is 20.5 Å². The minimum absolute atomic E-state index is 0.0229. The number of amides is 2. The standard InChI is InChI=1S/C27H25ClN6O5/c1-29-25(35)23-20(13-22(28)32-33-23)30-19-10-6-9-17(24(19)37-2)26-31-18-11-12-34(14-21(18)39-26)27(36)38-15-16-7-4-3-5-8-16/h3-10,13H,11-12,14-15H2,1-2H3,(H,29,35)(H,30,32)/i1D3. The molecule has 0 aliphatic carbocycles. The number of anilines is 2. The van der Waals surface area contributed by atoms with E-state index >= 15 is 0 Å². The number of hydrogen-bond acceptors (Lipinski definition) is 9. The van der Waals surface area contributed by atoms with Gasteiger partial charge in [-0.15, -0.1) is 10.2 Å². The first-order valence-corrected chi connectivity index (χ1v) is 12.2. The molecule has 2 aromatic heterocycles. The Hall–Kier alpha value is -4.64. The van der Waals surface area contributed by atoms with Gasteiger partial charge in [0.15, 0.2) is 16.6 Å². The largest absolute Gasteiger partial charge is 0.494 e. The third kappa shape index (κ3) is 5.63. The number of rotatable bonds is 7. The van der Waals surface area contributed by atoms with Gasteiger partial charge in [0, 0.05) is 30.1 Å². The zero-order valence-corrected chi connectivity index (χ0v) is 21.5. The maximum atomic E-state index is 12.7.